The average Bonchev–Trinajstić information content (AvgIpc) is 3.39. The fraction of sp³-hybridized carbons (Fsp3) is 0.866. The number of carbonyl (C=O) groups is 3. The molecule has 0 amide bonds. The Labute approximate surface area is 455 Å². The molecule has 0 aromatic carbocycles. The van der Waals surface area contributed by atoms with E-state index in [9.17, 15) is 14.4 Å². The Hall–Kier alpha value is -2.37. The number of unbranched alkanes of at least 4 members (excludes halogenated alkanes) is 43. The maximum absolute atomic E-state index is 12.9. The Morgan fingerprint density at radius 3 is 0.767 bits per heavy atom. The molecule has 0 saturated carbocycles. The second-order valence-corrected chi connectivity index (χ2v) is 22.0. The molecule has 0 aliphatic rings. The van der Waals surface area contributed by atoms with Crippen LogP contribution in [0.15, 0.2) is 36.5 Å². The minimum absolute atomic E-state index is 0.0682. The summed E-state index contributed by atoms with van der Waals surface area (Å²) in [4.78, 5) is 38.2. The lowest BCUT2D eigenvalue weighted by atomic mass is 10.0. The molecule has 0 aliphatic carbocycles. The molecule has 0 N–H and O–H groups in total. The average molecular weight is 1030 g/mol. The highest BCUT2D eigenvalue weighted by atomic mass is 16.6. The Morgan fingerprint density at radius 2 is 0.493 bits per heavy atom. The minimum atomic E-state index is -0.769. The summed E-state index contributed by atoms with van der Waals surface area (Å²) in [7, 11) is 0. The van der Waals surface area contributed by atoms with Gasteiger partial charge in [0.2, 0.25) is 0 Å². The largest absolute Gasteiger partial charge is 0.462 e. The van der Waals surface area contributed by atoms with Crippen LogP contribution in [0, 0.1) is 0 Å². The van der Waals surface area contributed by atoms with Crippen LogP contribution < -0.4 is 0 Å². The van der Waals surface area contributed by atoms with Crippen LogP contribution in [0.2, 0.25) is 0 Å². The van der Waals surface area contributed by atoms with Crippen molar-refractivity contribution in [3.05, 3.63) is 36.5 Å². The summed E-state index contributed by atoms with van der Waals surface area (Å²) in [6.07, 6.45) is 75.9. The zero-order valence-corrected chi connectivity index (χ0v) is 49.2. The highest BCUT2D eigenvalue weighted by molar-refractivity contribution is 5.71. The van der Waals surface area contributed by atoms with Gasteiger partial charge in [0.05, 0.1) is 0 Å². The van der Waals surface area contributed by atoms with E-state index in [1.807, 2.05) is 0 Å². The van der Waals surface area contributed by atoms with Gasteiger partial charge in [0, 0.05) is 19.3 Å². The number of esters is 3. The second kappa shape index (κ2) is 62.2. The van der Waals surface area contributed by atoms with E-state index >= 15 is 0 Å². The van der Waals surface area contributed by atoms with Gasteiger partial charge in [0.25, 0.3) is 0 Å². The Balaban J connectivity index is 4.17. The molecule has 0 saturated heterocycles. The van der Waals surface area contributed by atoms with Crippen molar-refractivity contribution in [2.45, 2.75) is 361 Å². The molecule has 0 fully saturated rings. The lowest BCUT2D eigenvalue weighted by Gasteiger charge is -2.18. The van der Waals surface area contributed by atoms with E-state index in [0.29, 0.717) is 19.3 Å². The number of allylic oxidation sites excluding steroid dienone is 6. The van der Waals surface area contributed by atoms with E-state index in [2.05, 4.69) is 57.2 Å². The van der Waals surface area contributed by atoms with Gasteiger partial charge in [-0.3, -0.25) is 14.4 Å². The molecule has 0 bridgehead atoms. The third-order valence-electron chi connectivity index (χ3n) is 14.6. The van der Waals surface area contributed by atoms with Gasteiger partial charge in [-0.2, -0.15) is 0 Å². The molecule has 1 atom stereocenters. The monoisotopic (exact) mass is 1020 g/mol. The Morgan fingerprint density at radius 1 is 0.274 bits per heavy atom. The first-order valence-electron chi connectivity index (χ1n) is 32.5. The Kier molecular flexibility index (Phi) is 60.2. The van der Waals surface area contributed by atoms with Gasteiger partial charge in [0.1, 0.15) is 13.2 Å². The van der Waals surface area contributed by atoms with Crippen LogP contribution >= 0.6 is 0 Å². The van der Waals surface area contributed by atoms with E-state index in [1.54, 1.807) is 0 Å². The van der Waals surface area contributed by atoms with Crippen LogP contribution in [0.3, 0.4) is 0 Å². The van der Waals surface area contributed by atoms with Gasteiger partial charge in [-0.1, -0.05) is 314 Å². The first-order chi connectivity index (χ1) is 36.0. The summed E-state index contributed by atoms with van der Waals surface area (Å²) in [6, 6.07) is 0. The van der Waals surface area contributed by atoms with Gasteiger partial charge >= 0.3 is 17.9 Å². The number of hydrogen-bond donors (Lipinski definition) is 0. The van der Waals surface area contributed by atoms with E-state index < -0.39 is 6.10 Å². The molecule has 0 rings (SSSR count). The maximum atomic E-state index is 12.9. The molecular formula is C67H124O6. The lowest BCUT2D eigenvalue weighted by molar-refractivity contribution is -0.167. The highest BCUT2D eigenvalue weighted by Crippen LogP contribution is 2.18. The topological polar surface area (TPSA) is 78.9 Å². The molecule has 0 spiro atoms. The van der Waals surface area contributed by atoms with Crippen molar-refractivity contribution < 1.29 is 28.6 Å². The summed E-state index contributed by atoms with van der Waals surface area (Å²) in [5, 5.41) is 0. The van der Waals surface area contributed by atoms with Crippen LogP contribution in [0.4, 0.5) is 0 Å². The number of hydrogen-bond acceptors (Lipinski definition) is 6. The molecule has 0 heterocycles. The fourth-order valence-electron chi connectivity index (χ4n) is 9.75. The van der Waals surface area contributed by atoms with Crippen molar-refractivity contribution in [1.82, 2.24) is 0 Å². The van der Waals surface area contributed by atoms with Gasteiger partial charge in [-0.15, -0.1) is 0 Å². The van der Waals surface area contributed by atoms with Gasteiger partial charge < -0.3 is 14.2 Å². The zero-order chi connectivity index (χ0) is 52.9. The molecule has 0 radical (unpaired) electrons. The molecular weight excluding hydrogens is 901 g/mol. The van der Waals surface area contributed by atoms with Crippen LogP contribution in [0.5, 0.6) is 0 Å². The van der Waals surface area contributed by atoms with E-state index in [-0.39, 0.29) is 31.1 Å². The normalized spacial score (nSPS) is 12.2. The van der Waals surface area contributed by atoms with Gasteiger partial charge in [-0.05, 0) is 57.8 Å². The molecule has 73 heavy (non-hydrogen) atoms. The summed E-state index contributed by atoms with van der Waals surface area (Å²) < 4.78 is 16.9. The van der Waals surface area contributed by atoms with Crippen LogP contribution in [-0.2, 0) is 28.6 Å². The summed E-state index contributed by atoms with van der Waals surface area (Å²) in [5.41, 5.74) is 0. The first kappa shape index (κ1) is 70.6. The Bertz CT molecular complexity index is 1220. The van der Waals surface area contributed by atoms with Gasteiger partial charge in [-0.25, -0.2) is 0 Å². The smallest absolute Gasteiger partial charge is 0.306 e. The second-order valence-electron chi connectivity index (χ2n) is 22.0. The fourth-order valence-corrected chi connectivity index (χ4v) is 9.75. The number of ether oxygens (including phenoxy) is 3. The third kappa shape index (κ3) is 60.4. The third-order valence-corrected chi connectivity index (χ3v) is 14.6. The number of carbonyl (C=O) groups excluding carboxylic acids is 3. The zero-order valence-electron chi connectivity index (χ0n) is 49.2. The van der Waals surface area contributed by atoms with Crippen molar-refractivity contribution in [2.75, 3.05) is 13.2 Å². The summed E-state index contributed by atoms with van der Waals surface area (Å²) in [6.45, 7) is 6.67. The SMILES string of the molecule is CCCCCCC/C=C\C/C=C\C/C=C\CCCCCCCCCCCCC(=O)OCC(COC(=O)CCCCCCCCCCC)OC(=O)CCCCCCCCCCCCCCCCCCCCCCC. The molecule has 428 valence electrons. The quantitative estimate of drug-likeness (QED) is 0.0261. The molecule has 0 aliphatic heterocycles. The van der Waals surface area contributed by atoms with Crippen LogP contribution in [0.1, 0.15) is 355 Å². The molecule has 0 aromatic rings. The number of rotatable bonds is 60. The van der Waals surface area contributed by atoms with E-state index in [1.165, 1.54) is 244 Å². The van der Waals surface area contributed by atoms with E-state index in [0.717, 1.165) is 70.6 Å². The standard InChI is InChI=1S/C67H124O6/c1-4-7-10-13-16-19-21-23-25-27-29-31-32-33-34-36-37-39-41-43-45-48-51-54-57-60-66(69)72-63-64(62-71-65(68)59-56-53-50-47-18-15-12-9-6-3)73-67(70)61-58-55-52-49-46-44-42-40-38-35-30-28-26-24-22-20-17-14-11-8-5-2/h21,23,27,29,32-33,64H,4-20,22,24-26,28,30-31,34-63H2,1-3H3/b23-21-,29-27-,33-32-. The highest BCUT2D eigenvalue weighted by Gasteiger charge is 2.19. The molecule has 6 nitrogen and oxygen atoms in total. The lowest BCUT2D eigenvalue weighted by Crippen LogP contribution is -2.30. The minimum Gasteiger partial charge on any atom is -0.462 e. The van der Waals surface area contributed by atoms with E-state index in [4.69, 9.17) is 14.2 Å². The first-order valence-corrected chi connectivity index (χ1v) is 32.5. The predicted molar refractivity (Wildman–Crippen MR) is 316 cm³/mol. The van der Waals surface area contributed by atoms with Crippen molar-refractivity contribution in [3.63, 3.8) is 0 Å². The van der Waals surface area contributed by atoms with Gasteiger partial charge in [0.15, 0.2) is 6.10 Å². The van der Waals surface area contributed by atoms with Crippen molar-refractivity contribution in [3.8, 4) is 0 Å². The molecule has 0 aromatic heterocycles. The predicted octanol–water partition coefficient (Wildman–Crippen LogP) is 22.0. The maximum Gasteiger partial charge on any atom is 0.306 e. The van der Waals surface area contributed by atoms with Crippen LogP contribution in [0.25, 0.3) is 0 Å². The summed E-state index contributed by atoms with van der Waals surface area (Å²) >= 11 is 0. The van der Waals surface area contributed by atoms with Crippen molar-refractivity contribution in [2.24, 2.45) is 0 Å². The van der Waals surface area contributed by atoms with Crippen LogP contribution in [-0.4, -0.2) is 37.2 Å². The van der Waals surface area contributed by atoms with Crippen molar-refractivity contribution >= 4 is 17.9 Å². The van der Waals surface area contributed by atoms with Crippen molar-refractivity contribution in [1.29, 1.82) is 0 Å². The summed E-state index contributed by atoms with van der Waals surface area (Å²) in [5.74, 6) is -0.851. The molecule has 1 unspecified atom stereocenters. The molecule has 6 heteroatoms.